The lowest BCUT2D eigenvalue weighted by atomic mass is 10.0. The van der Waals surface area contributed by atoms with Gasteiger partial charge in [-0.3, -0.25) is 0 Å². The van der Waals surface area contributed by atoms with Crippen LogP contribution in [0.2, 0.25) is 0 Å². The van der Waals surface area contributed by atoms with E-state index < -0.39 is 0 Å². The van der Waals surface area contributed by atoms with Crippen LogP contribution in [0.3, 0.4) is 0 Å². The van der Waals surface area contributed by atoms with Crippen LogP contribution in [0.1, 0.15) is 39.5 Å². The van der Waals surface area contributed by atoms with Crippen molar-refractivity contribution in [2.45, 2.75) is 39.5 Å². The van der Waals surface area contributed by atoms with Gasteiger partial charge in [0.05, 0.1) is 0 Å². The Balaban J connectivity index is 2.18. The van der Waals surface area contributed by atoms with Gasteiger partial charge >= 0.3 is 0 Å². The highest BCUT2D eigenvalue weighted by Gasteiger charge is 2.46. The van der Waals surface area contributed by atoms with Crippen molar-refractivity contribution in [1.29, 1.82) is 0 Å². The summed E-state index contributed by atoms with van der Waals surface area (Å²) in [7, 11) is 0. The summed E-state index contributed by atoms with van der Waals surface area (Å²) in [4.78, 5) is 0. The van der Waals surface area contributed by atoms with E-state index in [4.69, 9.17) is 0 Å². The summed E-state index contributed by atoms with van der Waals surface area (Å²) in [6.45, 7) is 8.43. The molecular formula is C10H18. The average molecular weight is 138 g/mol. The molecule has 1 saturated carbocycles. The lowest BCUT2D eigenvalue weighted by Crippen LogP contribution is -1.91. The Labute approximate surface area is 64.3 Å². The molecule has 0 bridgehead atoms. The van der Waals surface area contributed by atoms with Gasteiger partial charge in [0.1, 0.15) is 0 Å². The molecule has 0 amide bonds. The van der Waals surface area contributed by atoms with Gasteiger partial charge in [-0.2, -0.15) is 0 Å². The Morgan fingerprint density at radius 1 is 1.70 bits per heavy atom. The van der Waals surface area contributed by atoms with E-state index in [1.165, 1.54) is 25.7 Å². The van der Waals surface area contributed by atoms with Gasteiger partial charge in [0.15, 0.2) is 0 Å². The maximum Gasteiger partial charge on any atom is -0.0118 e. The van der Waals surface area contributed by atoms with Crippen LogP contribution in [0.15, 0.2) is 12.7 Å². The Morgan fingerprint density at radius 2 is 2.40 bits per heavy atom. The number of rotatable bonds is 4. The summed E-state index contributed by atoms with van der Waals surface area (Å²) in [6, 6.07) is 0. The van der Waals surface area contributed by atoms with Gasteiger partial charge < -0.3 is 0 Å². The molecule has 0 aromatic heterocycles. The summed E-state index contributed by atoms with van der Waals surface area (Å²) in [6.07, 6.45) is 7.67. The number of hydrogen-bond donors (Lipinski definition) is 0. The zero-order valence-electron chi connectivity index (χ0n) is 7.19. The molecule has 0 N–H and O–H groups in total. The molecule has 0 saturated heterocycles. The quantitative estimate of drug-likeness (QED) is 0.522. The van der Waals surface area contributed by atoms with Crippen LogP contribution in [0.4, 0.5) is 0 Å². The highest BCUT2D eigenvalue weighted by atomic mass is 14.5. The fourth-order valence-electron chi connectivity index (χ4n) is 1.60. The molecule has 58 valence electrons. The molecule has 0 radical (unpaired) electrons. The van der Waals surface area contributed by atoms with E-state index in [0.29, 0.717) is 5.41 Å². The van der Waals surface area contributed by atoms with Crippen molar-refractivity contribution in [1.82, 2.24) is 0 Å². The first-order valence-corrected chi connectivity index (χ1v) is 4.36. The molecule has 0 aromatic rings. The van der Waals surface area contributed by atoms with Gasteiger partial charge in [0.25, 0.3) is 0 Å². The van der Waals surface area contributed by atoms with E-state index in [1.807, 2.05) is 0 Å². The molecule has 0 aliphatic heterocycles. The molecule has 10 heavy (non-hydrogen) atoms. The highest BCUT2D eigenvalue weighted by molar-refractivity contribution is 5.09. The fourth-order valence-corrected chi connectivity index (χ4v) is 1.60. The van der Waals surface area contributed by atoms with Crippen molar-refractivity contribution in [3.8, 4) is 0 Å². The normalized spacial score (nSPS) is 37.6. The summed E-state index contributed by atoms with van der Waals surface area (Å²) in [5.41, 5.74) is 0.523. The SMILES string of the molecule is C=CC1(C)CC1CCCC. The minimum Gasteiger partial charge on any atom is -0.103 e. The fraction of sp³-hybridized carbons (Fsp3) is 0.800. The third kappa shape index (κ3) is 1.42. The standard InChI is InChI=1S/C10H18/c1-4-6-7-9-8-10(9,3)5-2/h5,9H,2,4,6-8H2,1,3H3. The number of allylic oxidation sites excluding steroid dienone is 1. The number of unbranched alkanes of at least 4 members (excludes halogenated alkanes) is 1. The van der Waals surface area contributed by atoms with Gasteiger partial charge in [-0.25, -0.2) is 0 Å². The molecular weight excluding hydrogens is 120 g/mol. The molecule has 0 aromatic carbocycles. The summed E-state index contributed by atoms with van der Waals surface area (Å²) >= 11 is 0. The van der Waals surface area contributed by atoms with Crippen molar-refractivity contribution >= 4 is 0 Å². The monoisotopic (exact) mass is 138 g/mol. The first-order valence-electron chi connectivity index (χ1n) is 4.36. The van der Waals surface area contributed by atoms with E-state index in [2.05, 4.69) is 26.5 Å². The number of hydrogen-bond acceptors (Lipinski definition) is 0. The van der Waals surface area contributed by atoms with E-state index in [1.54, 1.807) is 0 Å². The third-order valence-electron chi connectivity index (χ3n) is 2.83. The zero-order valence-corrected chi connectivity index (χ0v) is 7.19. The van der Waals surface area contributed by atoms with Crippen LogP contribution in [0.25, 0.3) is 0 Å². The molecule has 2 unspecified atom stereocenters. The van der Waals surface area contributed by atoms with Gasteiger partial charge in [0, 0.05) is 0 Å². The molecule has 1 fully saturated rings. The first-order chi connectivity index (χ1) is 4.73. The van der Waals surface area contributed by atoms with E-state index in [-0.39, 0.29) is 0 Å². The van der Waals surface area contributed by atoms with Crippen molar-refractivity contribution in [3.05, 3.63) is 12.7 Å². The molecule has 0 nitrogen and oxygen atoms in total. The van der Waals surface area contributed by atoms with Gasteiger partial charge in [-0.15, -0.1) is 6.58 Å². The van der Waals surface area contributed by atoms with Crippen LogP contribution in [0.5, 0.6) is 0 Å². The van der Waals surface area contributed by atoms with Gasteiger partial charge in [-0.05, 0) is 24.2 Å². The van der Waals surface area contributed by atoms with Crippen molar-refractivity contribution < 1.29 is 0 Å². The second kappa shape index (κ2) is 2.77. The minimum absolute atomic E-state index is 0.523. The van der Waals surface area contributed by atoms with Crippen molar-refractivity contribution in [2.75, 3.05) is 0 Å². The summed E-state index contributed by atoms with van der Waals surface area (Å²) in [5.74, 6) is 0.963. The Morgan fingerprint density at radius 3 is 2.80 bits per heavy atom. The molecule has 2 atom stereocenters. The smallest absolute Gasteiger partial charge is 0.0118 e. The lowest BCUT2D eigenvalue weighted by molar-refractivity contribution is 0.559. The van der Waals surface area contributed by atoms with Crippen molar-refractivity contribution in [2.24, 2.45) is 11.3 Å². The summed E-state index contributed by atoms with van der Waals surface area (Å²) in [5, 5.41) is 0. The zero-order chi connectivity index (χ0) is 7.61. The van der Waals surface area contributed by atoms with Gasteiger partial charge in [0.2, 0.25) is 0 Å². The maximum atomic E-state index is 3.85. The molecule has 0 heteroatoms. The van der Waals surface area contributed by atoms with Crippen LogP contribution >= 0.6 is 0 Å². The van der Waals surface area contributed by atoms with Crippen LogP contribution in [-0.2, 0) is 0 Å². The molecule has 0 heterocycles. The second-order valence-corrected chi connectivity index (χ2v) is 3.75. The van der Waals surface area contributed by atoms with Crippen molar-refractivity contribution in [3.63, 3.8) is 0 Å². The molecule has 1 aliphatic rings. The lowest BCUT2D eigenvalue weighted by Gasteiger charge is -2.01. The topological polar surface area (TPSA) is 0 Å². The van der Waals surface area contributed by atoms with E-state index in [0.717, 1.165) is 5.92 Å². The Bertz CT molecular complexity index is 126. The maximum absolute atomic E-state index is 3.85. The third-order valence-corrected chi connectivity index (χ3v) is 2.83. The predicted molar refractivity (Wildman–Crippen MR) is 45.9 cm³/mol. The molecule has 1 aliphatic carbocycles. The predicted octanol–water partition coefficient (Wildman–Crippen LogP) is 3.39. The average Bonchev–Trinajstić information content (AvgIpc) is 2.59. The van der Waals surface area contributed by atoms with Crippen LogP contribution < -0.4 is 0 Å². The molecule has 0 spiro atoms. The highest BCUT2D eigenvalue weighted by Crippen LogP contribution is 2.55. The van der Waals surface area contributed by atoms with Gasteiger partial charge in [-0.1, -0.05) is 32.8 Å². The largest absolute Gasteiger partial charge is 0.103 e. The Hall–Kier alpha value is -0.260. The van der Waals surface area contributed by atoms with Crippen LogP contribution in [-0.4, -0.2) is 0 Å². The second-order valence-electron chi connectivity index (χ2n) is 3.75. The minimum atomic E-state index is 0.523. The Kier molecular flexibility index (Phi) is 2.18. The summed E-state index contributed by atoms with van der Waals surface area (Å²) < 4.78 is 0. The molecule has 1 rings (SSSR count). The first kappa shape index (κ1) is 7.84. The van der Waals surface area contributed by atoms with E-state index >= 15 is 0 Å². The van der Waals surface area contributed by atoms with Crippen LogP contribution in [0, 0.1) is 11.3 Å². The van der Waals surface area contributed by atoms with E-state index in [9.17, 15) is 0 Å².